The molecule has 0 aliphatic carbocycles. The van der Waals surface area contributed by atoms with Crippen LogP contribution in [0, 0.1) is 0 Å². The fourth-order valence-electron chi connectivity index (χ4n) is 1.10. The second-order valence-electron chi connectivity index (χ2n) is 2.89. The van der Waals surface area contributed by atoms with Crippen LogP contribution >= 0.6 is 27.3 Å². The van der Waals surface area contributed by atoms with Gasteiger partial charge in [-0.05, 0) is 40.2 Å². The molecule has 0 bridgehead atoms. The number of benzene rings is 1. The molecule has 0 unspecified atom stereocenters. The Balaban J connectivity index is 2.22. The highest BCUT2D eigenvalue weighted by atomic mass is 79.9. The molecular weight excluding hydrogens is 274 g/mol. The number of aliphatic imine (C=N–C) groups is 1. The lowest BCUT2D eigenvalue weighted by molar-refractivity contribution is 0.477. The Kier molecular flexibility index (Phi) is 3.18. The number of aromatic hydroxyl groups is 1. The molecule has 1 aromatic carbocycles. The molecule has 76 valence electrons. The molecule has 0 spiro atoms. The molecule has 2 aromatic rings. The van der Waals surface area contributed by atoms with Crippen LogP contribution in [-0.2, 0) is 0 Å². The van der Waals surface area contributed by atoms with E-state index in [0.717, 1.165) is 8.66 Å². The van der Waals surface area contributed by atoms with Gasteiger partial charge in [0.05, 0.1) is 3.79 Å². The van der Waals surface area contributed by atoms with Gasteiger partial charge in [-0.2, -0.15) is 0 Å². The van der Waals surface area contributed by atoms with Gasteiger partial charge in [0.25, 0.3) is 0 Å². The van der Waals surface area contributed by atoms with Gasteiger partial charge in [0.2, 0.25) is 0 Å². The molecule has 2 rings (SSSR count). The SMILES string of the molecule is Oc1ccccc1N=Cc1ccc(Br)s1. The van der Waals surface area contributed by atoms with Gasteiger partial charge in [-0.25, -0.2) is 0 Å². The van der Waals surface area contributed by atoms with E-state index in [1.165, 1.54) is 0 Å². The van der Waals surface area contributed by atoms with Crippen molar-refractivity contribution >= 4 is 39.2 Å². The molecule has 1 aromatic heterocycles. The minimum Gasteiger partial charge on any atom is -0.506 e. The van der Waals surface area contributed by atoms with Crippen LogP contribution in [0.1, 0.15) is 4.88 Å². The Hall–Kier alpha value is -1.13. The van der Waals surface area contributed by atoms with E-state index in [9.17, 15) is 5.11 Å². The first-order valence-corrected chi connectivity index (χ1v) is 5.94. The monoisotopic (exact) mass is 281 g/mol. The van der Waals surface area contributed by atoms with Crippen LogP contribution in [0.15, 0.2) is 45.2 Å². The highest BCUT2D eigenvalue weighted by Crippen LogP contribution is 2.26. The van der Waals surface area contributed by atoms with Crippen molar-refractivity contribution in [1.29, 1.82) is 0 Å². The Labute approximate surface area is 100 Å². The van der Waals surface area contributed by atoms with Crippen molar-refractivity contribution in [3.8, 4) is 5.75 Å². The summed E-state index contributed by atoms with van der Waals surface area (Å²) >= 11 is 4.98. The predicted molar refractivity (Wildman–Crippen MR) is 67.4 cm³/mol. The maximum Gasteiger partial charge on any atom is 0.141 e. The lowest BCUT2D eigenvalue weighted by Crippen LogP contribution is -1.72. The predicted octanol–water partition coefficient (Wildman–Crippen LogP) is 3.97. The van der Waals surface area contributed by atoms with Crippen LogP contribution in [0.2, 0.25) is 0 Å². The van der Waals surface area contributed by atoms with Crippen molar-refractivity contribution in [1.82, 2.24) is 0 Å². The van der Waals surface area contributed by atoms with Gasteiger partial charge in [0.1, 0.15) is 11.4 Å². The number of para-hydroxylation sites is 2. The van der Waals surface area contributed by atoms with Crippen molar-refractivity contribution in [3.63, 3.8) is 0 Å². The molecule has 4 heteroatoms. The van der Waals surface area contributed by atoms with E-state index >= 15 is 0 Å². The van der Waals surface area contributed by atoms with Crippen molar-refractivity contribution in [3.05, 3.63) is 45.1 Å². The zero-order valence-electron chi connectivity index (χ0n) is 7.72. The third-order valence-electron chi connectivity index (χ3n) is 1.81. The molecule has 0 saturated heterocycles. The number of hydrogen-bond acceptors (Lipinski definition) is 3. The summed E-state index contributed by atoms with van der Waals surface area (Å²) in [7, 11) is 0. The van der Waals surface area contributed by atoms with Gasteiger partial charge >= 0.3 is 0 Å². The van der Waals surface area contributed by atoms with Crippen LogP contribution < -0.4 is 0 Å². The van der Waals surface area contributed by atoms with E-state index in [-0.39, 0.29) is 5.75 Å². The van der Waals surface area contributed by atoms with E-state index in [1.54, 1.807) is 35.8 Å². The first kappa shape index (κ1) is 10.4. The van der Waals surface area contributed by atoms with Crippen LogP contribution in [0.4, 0.5) is 5.69 Å². The Morgan fingerprint density at radius 1 is 1.20 bits per heavy atom. The number of phenolic OH excluding ortho intramolecular Hbond substituents is 1. The number of rotatable bonds is 2. The molecule has 0 radical (unpaired) electrons. The summed E-state index contributed by atoms with van der Waals surface area (Å²) in [4.78, 5) is 5.25. The number of thiophene rings is 1. The van der Waals surface area contributed by atoms with Crippen molar-refractivity contribution in [2.24, 2.45) is 4.99 Å². The van der Waals surface area contributed by atoms with Crippen molar-refractivity contribution in [2.45, 2.75) is 0 Å². The number of phenols is 1. The number of nitrogens with zero attached hydrogens (tertiary/aromatic N) is 1. The molecule has 0 saturated carbocycles. The quantitative estimate of drug-likeness (QED) is 0.831. The summed E-state index contributed by atoms with van der Waals surface area (Å²) in [5.41, 5.74) is 0.585. The molecule has 0 atom stereocenters. The van der Waals surface area contributed by atoms with Gasteiger partial charge in [0, 0.05) is 11.1 Å². The summed E-state index contributed by atoms with van der Waals surface area (Å²) in [5, 5.41) is 9.47. The van der Waals surface area contributed by atoms with Crippen LogP contribution in [-0.4, -0.2) is 11.3 Å². The van der Waals surface area contributed by atoms with E-state index in [0.29, 0.717) is 5.69 Å². The first-order valence-electron chi connectivity index (χ1n) is 4.33. The molecule has 15 heavy (non-hydrogen) atoms. The van der Waals surface area contributed by atoms with Crippen LogP contribution in [0.5, 0.6) is 5.75 Å². The fraction of sp³-hybridized carbons (Fsp3) is 0. The average Bonchev–Trinajstić information content (AvgIpc) is 2.63. The molecule has 0 amide bonds. The third kappa shape index (κ3) is 2.67. The normalized spacial score (nSPS) is 11.0. The Morgan fingerprint density at radius 3 is 2.67 bits per heavy atom. The van der Waals surface area contributed by atoms with E-state index in [2.05, 4.69) is 20.9 Å². The topological polar surface area (TPSA) is 32.6 Å². The highest BCUT2D eigenvalue weighted by Gasteiger charge is 1.96. The largest absolute Gasteiger partial charge is 0.506 e. The van der Waals surface area contributed by atoms with E-state index in [1.807, 2.05) is 18.2 Å². The summed E-state index contributed by atoms with van der Waals surface area (Å²) in [5.74, 6) is 0.198. The number of halogens is 1. The highest BCUT2D eigenvalue weighted by molar-refractivity contribution is 9.11. The second-order valence-corrected chi connectivity index (χ2v) is 5.38. The summed E-state index contributed by atoms with van der Waals surface area (Å²) in [6.07, 6.45) is 1.74. The Bertz CT molecular complexity index is 493. The molecular formula is C11H8BrNOS. The van der Waals surface area contributed by atoms with Gasteiger partial charge in [0.15, 0.2) is 0 Å². The summed E-state index contributed by atoms with van der Waals surface area (Å²) in [6.45, 7) is 0. The van der Waals surface area contributed by atoms with Crippen LogP contribution in [0.25, 0.3) is 0 Å². The third-order valence-corrected chi connectivity index (χ3v) is 3.36. The fourth-order valence-corrected chi connectivity index (χ4v) is 2.40. The van der Waals surface area contributed by atoms with Crippen molar-refractivity contribution < 1.29 is 5.11 Å². The molecule has 0 aliphatic rings. The number of hydrogen-bond donors (Lipinski definition) is 1. The molecule has 0 aliphatic heterocycles. The van der Waals surface area contributed by atoms with E-state index < -0.39 is 0 Å². The lowest BCUT2D eigenvalue weighted by atomic mass is 10.3. The summed E-state index contributed by atoms with van der Waals surface area (Å²) in [6, 6.07) is 11.0. The molecule has 1 N–H and O–H groups in total. The molecule has 0 fully saturated rings. The second kappa shape index (κ2) is 4.59. The minimum absolute atomic E-state index is 0.198. The minimum atomic E-state index is 0.198. The maximum absolute atomic E-state index is 9.47. The maximum atomic E-state index is 9.47. The lowest BCUT2D eigenvalue weighted by Gasteiger charge is -1.95. The van der Waals surface area contributed by atoms with Gasteiger partial charge < -0.3 is 5.11 Å². The Morgan fingerprint density at radius 2 is 2.00 bits per heavy atom. The standard InChI is InChI=1S/C11H8BrNOS/c12-11-6-5-8(15-11)7-13-9-3-1-2-4-10(9)14/h1-7,14H. The summed E-state index contributed by atoms with van der Waals surface area (Å²) < 4.78 is 1.07. The molecule has 1 heterocycles. The van der Waals surface area contributed by atoms with Crippen molar-refractivity contribution in [2.75, 3.05) is 0 Å². The average molecular weight is 282 g/mol. The van der Waals surface area contributed by atoms with Gasteiger partial charge in [-0.15, -0.1) is 11.3 Å². The van der Waals surface area contributed by atoms with Gasteiger partial charge in [-0.1, -0.05) is 12.1 Å². The first-order chi connectivity index (χ1) is 7.25. The van der Waals surface area contributed by atoms with Crippen LogP contribution in [0.3, 0.4) is 0 Å². The zero-order valence-corrected chi connectivity index (χ0v) is 10.1. The molecule has 2 nitrogen and oxygen atoms in total. The van der Waals surface area contributed by atoms with Gasteiger partial charge in [-0.3, -0.25) is 4.99 Å². The zero-order chi connectivity index (χ0) is 10.7. The smallest absolute Gasteiger partial charge is 0.141 e. The van der Waals surface area contributed by atoms with E-state index in [4.69, 9.17) is 0 Å².